The minimum Gasteiger partial charge on any atom is -0.387 e. The highest BCUT2D eigenvalue weighted by atomic mass is 31.2. The summed E-state index contributed by atoms with van der Waals surface area (Å²) >= 11 is 0. The van der Waals surface area contributed by atoms with Gasteiger partial charge < -0.3 is 20.2 Å². The van der Waals surface area contributed by atoms with Crippen LogP contribution in [0.2, 0.25) is 0 Å². The SMILES string of the molecule is CCCCCCCCC/C=C/[C@@H](O)[C@H](COP(=O)(O)O)NC(=O)CCCCCCCCCCCCCC. The molecule has 0 saturated carbocycles. The number of hydrogen-bond acceptors (Lipinski definition) is 4. The third kappa shape index (κ3) is 26.7. The van der Waals surface area contributed by atoms with E-state index >= 15 is 0 Å². The highest BCUT2D eigenvalue weighted by Gasteiger charge is 2.24. The topological polar surface area (TPSA) is 116 Å². The van der Waals surface area contributed by atoms with Crippen molar-refractivity contribution in [3.8, 4) is 0 Å². The van der Waals surface area contributed by atoms with Crippen molar-refractivity contribution in [1.82, 2.24) is 5.32 Å². The van der Waals surface area contributed by atoms with Gasteiger partial charge in [0.1, 0.15) is 0 Å². The van der Waals surface area contributed by atoms with Crippen molar-refractivity contribution in [2.75, 3.05) is 6.61 Å². The zero-order valence-electron chi connectivity index (χ0n) is 23.9. The fourth-order valence-corrected chi connectivity index (χ4v) is 4.75. The van der Waals surface area contributed by atoms with Crippen molar-refractivity contribution in [1.29, 1.82) is 0 Å². The van der Waals surface area contributed by atoms with Crippen LogP contribution in [0, 0.1) is 0 Å². The van der Waals surface area contributed by atoms with Crippen LogP contribution in [0.5, 0.6) is 0 Å². The molecule has 4 N–H and O–H groups in total. The average Bonchev–Trinajstić information content (AvgIpc) is 2.85. The Balaban J connectivity index is 4.14. The number of allylic oxidation sites excluding steroid dienone is 1. The van der Waals surface area contributed by atoms with E-state index in [1.807, 2.05) is 6.08 Å². The molecular weight excluding hydrogens is 489 g/mol. The molecule has 0 aliphatic heterocycles. The minimum absolute atomic E-state index is 0.231. The van der Waals surface area contributed by atoms with Gasteiger partial charge in [-0.3, -0.25) is 9.32 Å². The second-order valence-corrected chi connectivity index (χ2v) is 11.7. The first kappa shape index (κ1) is 36.3. The second-order valence-electron chi connectivity index (χ2n) is 10.4. The molecule has 37 heavy (non-hydrogen) atoms. The molecular formula is C29H58NO6P. The molecule has 0 unspecified atom stereocenters. The normalized spacial score (nSPS) is 13.8. The van der Waals surface area contributed by atoms with Crippen LogP contribution >= 0.6 is 7.82 Å². The number of aliphatic hydroxyl groups excluding tert-OH is 1. The molecule has 0 saturated heterocycles. The largest absolute Gasteiger partial charge is 0.469 e. The van der Waals surface area contributed by atoms with E-state index in [9.17, 15) is 14.5 Å². The van der Waals surface area contributed by atoms with Gasteiger partial charge >= 0.3 is 7.82 Å². The van der Waals surface area contributed by atoms with E-state index in [2.05, 4.69) is 23.7 Å². The van der Waals surface area contributed by atoms with Crippen molar-refractivity contribution in [2.24, 2.45) is 0 Å². The van der Waals surface area contributed by atoms with Crippen molar-refractivity contribution in [3.63, 3.8) is 0 Å². The van der Waals surface area contributed by atoms with Crippen molar-refractivity contribution < 1.29 is 28.8 Å². The zero-order chi connectivity index (χ0) is 27.6. The fourth-order valence-electron chi connectivity index (χ4n) is 4.40. The Morgan fingerprint density at radius 3 is 1.65 bits per heavy atom. The Morgan fingerprint density at radius 2 is 1.19 bits per heavy atom. The van der Waals surface area contributed by atoms with Crippen molar-refractivity contribution in [3.05, 3.63) is 12.2 Å². The van der Waals surface area contributed by atoms with E-state index in [-0.39, 0.29) is 5.91 Å². The maximum atomic E-state index is 12.4. The van der Waals surface area contributed by atoms with Crippen LogP contribution in [0.4, 0.5) is 0 Å². The number of carbonyl (C=O) groups is 1. The standard InChI is InChI=1S/C29H58NO6P/c1-3-5-7-9-11-13-14-15-17-19-21-23-25-29(32)30-27(26-36-37(33,34)35)28(31)24-22-20-18-16-12-10-8-6-4-2/h22,24,27-28,31H,3-21,23,25-26H2,1-2H3,(H,30,32)(H2,33,34,35)/b24-22+/t27-,28+/m0/s1. The summed E-state index contributed by atoms with van der Waals surface area (Å²) in [6, 6.07) is -0.900. The number of nitrogens with one attached hydrogen (secondary N) is 1. The highest BCUT2D eigenvalue weighted by Crippen LogP contribution is 2.35. The summed E-state index contributed by atoms with van der Waals surface area (Å²) in [5, 5.41) is 13.2. The first-order chi connectivity index (χ1) is 17.8. The second kappa shape index (κ2) is 25.6. The van der Waals surface area contributed by atoms with E-state index in [1.54, 1.807) is 6.08 Å². The lowest BCUT2D eigenvalue weighted by Crippen LogP contribution is -2.45. The van der Waals surface area contributed by atoms with Gasteiger partial charge in [0.25, 0.3) is 0 Å². The number of phosphoric acid groups is 1. The molecule has 0 aliphatic carbocycles. The molecule has 0 aromatic rings. The Morgan fingerprint density at radius 1 is 0.757 bits per heavy atom. The average molecular weight is 548 g/mol. The molecule has 0 radical (unpaired) electrons. The molecule has 0 fully saturated rings. The number of amides is 1. The van der Waals surface area contributed by atoms with E-state index in [4.69, 9.17) is 9.79 Å². The molecule has 0 aliphatic rings. The van der Waals surface area contributed by atoms with Gasteiger partial charge in [-0.05, 0) is 19.3 Å². The van der Waals surface area contributed by atoms with Gasteiger partial charge in [0, 0.05) is 6.42 Å². The Kier molecular flexibility index (Phi) is 25.1. The van der Waals surface area contributed by atoms with Crippen molar-refractivity contribution >= 4 is 13.7 Å². The highest BCUT2D eigenvalue weighted by molar-refractivity contribution is 7.46. The van der Waals surface area contributed by atoms with Crippen LogP contribution in [0.25, 0.3) is 0 Å². The lowest BCUT2D eigenvalue weighted by molar-refractivity contribution is -0.123. The van der Waals surface area contributed by atoms with Crippen LogP contribution < -0.4 is 5.32 Å². The predicted molar refractivity (Wildman–Crippen MR) is 153 cm³/mol. The van der Waals surface area contributed by atoms with Crippen molar-refractivity contribution in [2.45, 2.75) is 161 Å². The predicted octanol–water partition coefficient (Wildman–Crippen LogP) is 7.73. The molecule has 8 heteroatoms. The summed E-state index contributed by atoms with van der Waals surface area (Å²) in [5.41, 5.74) is 0. The number of aliphatic hydroxyl groups is 1. The molecule has 1 amide bonds. The van der Waals surface area contributed by atoms with E-state index in [0.717, 1.165) is 38.5 Å². The molecule has 0 aromatic carbocycles. The van der Waals surface area contributed by atoms with Crippen LogP contribution in [0.15, 0.2) is 12.2 Å². The first-order valence-corrected chi connectivity index (χ1v) is 16.7. The number of unbranched alkanes of at least 4 members (excludes halogenated alkanes) is 18. The maximum Gasteiger partial charge on any atom is 0.469 e. The summed E-state index contributed by atoms with van der Waals surface area (Å²) in [4.78, 5) is 30.5. The Bertz CT molecular complexity index is 595. The summed E-state index contributed by atoms with van der Waals surface area (Å²) < 4.78 is 15.7. The quantitative estimate of drug-likeness (QED) is 0.0475. The Hall–Kier alpha value is -0.720. The van der Waals surface area contributed by atoms with E-state index < -0.39 is 26.6 Å². The molecule has 7 nitrogen and oxygen atoms in total. The summed E-state index contributed by atoms with van der Waals surface area (Å²) in [6.07, 6.45) is 26.6. The molecule has 0 bridgehead atoms. The summed E-state index contributed by atoms with van der Waals surface area (Å²) in [5.74, 6) is -0.231. The number of phosphoric ester groups is 1. The lowest BCUT2D eigenvalue weighted by Gasteiger charge is -2.22. The van der Waals surface area contributed by atoms with Crippen LogP contribution in [0.1, 0.15) is 149 Å². The smallest absolute Gasteiger partial charge is 0.387 e. The Labute approximate surface area is 227 Å². The van der Waals surface area contributed by atoms with Crippen LogP contribution in [0.3, 0.4) is 0 Å². The minimum atomic E-state index is -4.69. The van der Waals surface area contributed by atoms with Crippen LogP contribution in [-0.2, 0) is 13.9 Å². The third-order valence-electron chi connectivity index (χ3n) is 6.75. The molecule has 2 atom stereocenters. The molecule has 0 heterocycles. The number of carbonyl (C=O) groups excluding carboxylic acids is 1. The summed E-state index contributed by atoms with van der Waals surface area (Å²) in [7, 11) is -4.69. The van der Waals surface area contributed by atoms with E-state index in [0.29, 0.717) is 6.42 Å². The molecule has 0 aromatic heterocycles. The van der Waals surface area contributed by atoms with Gasteiger partial charge in [-0.2, -0.15) is 0 Å². The molecule has 0 spiro atoms. The number of rotatable bonds is 27. The summed E-state index contributed by atoms with van der Waals surface area (Å²) in [6.45, 7) is 4.00. The van der Waals surface area contributed by atoms with Gasteiger partial charge in [0.05, 0.1) is 18.8 Å². The van der Waals surface area contributed by atoms with E-state index in [1.165, 1.54) is 89.9 Å². The first-order valence-electron chi connectivity index (χ1n) is 15.1. The van der Waals surface area contributed by atoms with Gasteiger partial charge in [-0.25, -0.2) is 4.57 Å². The number of hydrogen-bond donors (Lipinski definition) is 4. The van der Waals surface area contributed by atoms with Gasteiger partial charge in [-0.1, -0.05) is 135 Å². The van der Waals surface area contributed by atoms with Crippen LogP contribution in [-0.4, -0.2) is 39.6 Å². The monoisotopic (exact) mass is 547 g/mol. The van der Waals surface area contributed by atoms with Gasteiger partial charge in [0.2, 0.25) is 5.91 Å². The van der Waals surface area contributed by atoms with Gasteiger partial charge in [0.15, 0.2) is 0 Å². The zero-order valence-corrected chi connectivity index (χ0v) is 24.8. The molecule has 0 rings (SSSR count). The van der Waals surface area contributed by atoms with Gasteiger partial charge in [-0.15, -0.1) is 0 Å². The molecule has 220 valence electrons. The lowest BCUT2D eigenvalue weighted by atomic mass is 10.0. The third-order valence-corrected chi connectivity index (χ3v) is 7.23. The maximum absolute atomic E-state index is 12.4. The fraction of sp³-hybridized carbons (Fsp3) is 0.897.